The Labute approximate surface area is 124 Å². The van der Waals surface area contributed by atoms with Gasteiger partial charge in [0.2, 0.25) is 11.7 Å². The summed E-state index contributed by atoms with van der Waals surface area (Å²) in [5, 5.41) is 14.0. The molecule has 0 amide bonds. The Balaban J connectivity index is 1.62. The Kier molecular flexibility index (Phi) is 4.03. The zero-order valence-electron chi connectivity index (χ0n) is 12.5. The molecule has 1 fully saturated rings. The molecule has 1 atom stereocenters. The molecule has 0 saturated heterocycles. The van der Waals surface area contributed by atoms with Crippen LogP contribution in [0.25, 0.3) is 11.4 Å². The van der Waals surface area contributed by atoms with Crippen molar-refractivity contribution in [2.75, 3.05) is 13.6 Å². The molecule has 1 aliphatic rings. The van der Waals surface area contributed by atoms with E-state index in [9.17, 15) is 5.11 Å². The average Bonchev–Trinajstić information content (AvgIpc) is 3.19. The highest BCUT2D eigenvalue weighted by Gasteiger charge is 2.30. The third-order valence-electron chi connectivity index (χ3n) is 3.81. The third-order valence-corrected chi connectivity index (χ3v) is 3.81. The van der Waals surface area contributed by atoms with E-state index in [2.05, 4.69) is 10.1 Å². The minimum atomic E-state index is -0.242. The van der Waals surface area contributed by atoms with Crippen LogP contribution in [0.15, 0.2) is 28.8 Å². The molecule has 1 aromatic heterocycles. The molecule has 3 rings (SSSR count). The number of aliphatic hydroxyl groups excluding tert-OH is 1. The summed E-state index contributed by atoms with van der Waals surface area (Å²) in [5.41, 5.74) is 2.13. The number of benzene rings is 1. The molecule has 0 bridgehead atoms. The van der Waals surface area contributed by atoms with Gasteiger partial charge in [-0.25, -0.2) is 0 Å². The molecular weight excluding hydrogens is 266 g/mol. The van der Waals surface area contributed by atoms with Crippen LogP contribution in [-0.2, 0) is 6.54 Å². The van der Waals surface area contributed by atoms with Gasteiger partial charge in [0.1, 0.15) is 0 Å². The number of likely N-dealkylation sites (N-methyl/N-ethyl adjacent to an activating group) is 1. The maximum atomic E-state index is 9.94. The van der Waals surface area contributed by atoms with Gasteiger partial charge in [0.05, 0.1) is 12.6 Å². The van der Waals surface area contributed by atoms with Gasteiger partial charge in [0, 0.05) is 12.1 Å². The zero-order chi connectivity index (χ0) is 14.8. The summed E-state index contributed by atoms with van der Waals surface area (Å²) in [7, 11) is 1.96. The summed E-state index contributed by atoms with van der Waals surface area (Å²) in [6, 6.07) is 8.04. The summed E-state index contributed by atoms with van der Waals surface area (Å²) in [6.45, 7) is 3.24. The first kappa shape index (κ1) is 14.2. The van der Waals surface area contributed by atoms with E-state index in [1.807, 2.05) is 43.1 Å². The third kappa shape index (κ3) is 3.68. The monoisotopic (exact) mass is 287 g/mol. The highest BCUT2D eigenvalue weighted by Crippen LogP contribution is 2.32. The maximum Gasteiger partial charge on any atom is 0.241 e. The van der Waals surface area contributed by atoms with Crippen LogP contribution in [0.1, 0.15) is 24.3 Å². The first-order chi connectivity index (χ1) is 10.1. The molecule has 1 saturated carbocycles. The lowest BCUT2D eigenvalue weighted by molar-refractivity contribution is 0.0992. The molecule has 1 unspecified atom stereocenters. The second kappa shape index (κ2) is 5.95. The highest BCUT2D eigenvalue weighted by molar-refractivity contribution is 5.55. The van der Waals surface area contributed by atoms with Crippen LogP contribution in [0, 0.1) is 12.8 Å². The Morgan fingerprint density at radius 1 is 1.43 bits per heavy atom. The number of hydrogen-bond acceptors (Lipinski definition) is 5. The Morgan fingerprint density at radius 3 is 2.95 bits per heavy atom. The number of aryl methyl sites for hydroxylation is 1. The molecule has 1 N–H and O–H groups in total. The second-order valence-electron chi connectivity index (χ2n) is 5.98. The van der Waals surface area contributed by atoms with E-state index in [1.165, 1.54) is 5.56 Å². The van der Waals surface area contributed by atoms with Crippen molar-refractivity contribution in [1.82, 2.24) is 15.0 Å². The van der Waals surface area contributed by atoms with Crippen LogP contribution in [0.4, 0.5) is 0 Å². The van der Waals surface area contributed by atoms with Gasteiger partial charge in [-0.2, -0.15) is 4.98 Å². The van der Waals surface area contributed by atoms with Crippen molar-refractivity contribution in [2.45, 2.75) is 32.4 Å². The molecule has 2 aromatic rings. The highest BCUT2D eigenvalue weighted by atomic mass is 16.5. The molecule has 0 radical (unpaired) electrons. The van der Waals surface area contributed by atoms with Crippen molar-refractivity contribution in [2.24, 2.45) is 5.92 Å². The molecule has 5 nitrogen and oxygen atoms in total. The standard InChI is InChI=1S/C16H21N3O2/c1-11-4-3-5-13(8-11)16-17-15(21-18-16)10-19(2)9-14(20)12-6-7-12/h3-5,8,12,14,20H,6-7,9-10H2,1-2H3. The lowest BCUT2D eigenvalue weighted by Crippen LogP contribution is -2.30. The predicted octanol–water partition coefficient (Wildman–Crippen LogP) is 2.25. The van der Waals surface area contributed by atoms with Gasteiger partial charge in [-0.05, 0) is 38.8 Å². The van der Waals surface area contributed by atoms with Crippen molar-refractivity contribution in [3.05, 3.63) is 35.7 Å². The minimum Gasteiger partial charge on any atom is -0.392 e. The summed E-state index contributed by atoms with van der Waals surface area (Å²) < 4.78 is 5.30. The van der Waals surface area contributed by atoms with E-state index >= 15 is 0 Å². The SMILES string of the molecule is Cc1cccc(-c2noc(CN(C)CC(O)C3CC3)n2)c1. The molecule has 1 heterocycles. The van der Waals surface area contributed by atoms with Gasteiger partial charge in [0.15, 0.2) is 0 Å². The first-order valence-corrected chi connectivity index (χ1v) is 7.38. The van der Waals surface area contributed by atoms with Crippen molar-refractivity contribution < 1.29 is 9.63 Å². The Hall–Kier alpha value is -1.72. The van der Waals surface area contributed by atoms with Crippen molar-refractivity contribution in [1.29, 1.82) is 0 Å². The van der Waals surface area contributed by atoms with E-state index in [0.29, 0.717) is 30.7 Å². The Morgan fingerprint density at radius 2 is 2.24 bits per heavy atom. The Bertz CT molecular complexity index is 607. The van der Waals surface area contributed by atoms with Crippen LogP contribution in [0.5, 0.6) is 0 Å². The van der Waals surface area contributed by atoms with Gasteiger partial charge in [0.25, 0.3) is 0 Å². The van der Waals surface area contributed by atoms with Crippen molar-refractivity contribution in [3.63, 3.8) is 0 Å². The lowest BCUT2D eigenvalue weighted by atomic mass is 10.1. The van der Waals surface area contributed by atoms with E-state index < -0.39 is 0 Å². The van der Waals surface area contributed by atoms with Gasteiger partial charge in [-0.1, -0.05) is 28.9 Å². The molecule has 112 valence electrons. The van der Waals surface area contributed by atoms with Crippen molar-refractivity contribution in [3.8, 4) is 11.4 Å². The molecule has 0 spiro atoms. The average molecular weight is 287 g/mol. The fourth-order valence-corrected chi connectivity index (χ4v) is 2.47. The van der Waals surface area contributed by atoms with Gasteiger partial charge >= 0.3 is 0 Å². The van der Waals surface area contributed by atoms with Crippen LogP contribution in [0.3, 0.4) is 0 Å². The van der Waals surface area contributed by atoms with Crippen LogP contribution >= 0.6 is 0 Å². The summed E-state index contributed by atoms with van der Waals surface area (Å²) in [6.07, 6.45) is 2.05. The topological polar surface area (TPSA) is 62.4 Å². The fraction of sp³-hybridized carbons (Fsp3) is 0.500. The van der Waals surface area contributed by atoms with Crippen molar-refractivity contribution >= 4 is 0 Å². The first-order valence-electron chi connectivity index (χ1n) is 7.38. The van der Waals surface area contributed by atoms with E-state index in [1.54, 1.807) is 0 Å². The number of rotatable bonds is 6. The largest absolute Gasteiger partial charge is 0.392 e. The van der Waals surface area contributed by atoms with Gasteiger partial charge < -0.3 is 9.63 Å². The maximum absolute atomic E-state index is 9.94. The normalized spacial score (nSPS) is 16.4. The van der Waals surface area contributed by atoms with Gasteiger partial charge in [-0.3, -0.25) is 4.90 Å². The predicted molar refractivity (Wildman–Crippen MR) is 79.5 cm³/mol. The summed E-state index contributed by atoms with van der Waals surface area (Å²) in [4.78, 5) is 6.45. The molecule has 1 aromatic carbocycles. The van der Waals surface area contributed by atoms with E-state index in [4.69, 9.17) is 4.52 Å². The van der Waals surface area contributed by atoms with Crippen LogP contribution < -0.4 is 0 Å². The van der Waals surface area contributed by atoms with Gasteiger partial charge in [-0.15, -0.1) is 0 Å². The minimum absolute atomic E-state index is 0.242. The molecule has 0 aliphatic heterocycles. The van der Waals surface area contributed by atoms with E-state index in [-0.39, 0.29) is 6.10 Å². The number of hydrogen-bond donors (Lipinski definition) is 1. The quantitative estimate of drug-likeness (QED) is 0.883. The fourth-order valence-electron chi connectivity index (χ4n) is 2.47. The van der Waals surface area contributed by atoms with E-state index in [0.717, 1.165) is 18.4 Å². The van der Waals surface area contributed by atoms with Crippen LogP contribution in [-0.4, -0.2) is 39.8 Å². The number of aromatic nitrogens is 2. The summed E-state index contributed by atoms with van der Waals surface area (Å²) in [5.74, 6) is 1.68. The molecule has 21 heavy (non-hydrogen) atoms. The smallest absolute Gasteiger partial charge is 0.241 e. The lowest BCUT2D eigenvalue weighted by Gasteiger charge is -2.18. The molecule has 5 heteroatoms. The molecule has 1 aliphatic carbocycles. The second-order valence-corrected chi connectivity index (χ2v) is 5.98. The van der Waals surface area contributed by atoms with Crippen LogP contribution in [0.2, 0.25) is 0 Å². The zero-order valence-corrected chi connectivity index (χ0v) is 12.5. The number of aliphatic hydroxyl groups is 1. The molecular formula is C16H21N3O2. The summed E-state index contributed by atoms with van der Waals surface area (Å²) >= 11 is 0. The number of nitrogens with zero attached hydrogens (tertiary/aromatic N) is 3.